The third-order valence-electron chi connectivity index (χ3n) is 1.25. The molecule has 0 spiro atoms. The van der Waals surface area contributed by atoms with Gasteiger partial charge in [-0.2, -0.15) is 0 Å². The minimum absolute atomic E-state index is 0.0648. The largest absolute Gasteiger partial charge is 0.305 e. The Balaban J connectivity index is 3.49. The van der Waals surface area contributed by atoms with Crippen molar-refractivity contribution in [3.63, 3.8) is 0 Å². The lowest BCUT2D eigenvalue weighted by atomic mass is 10.2. The van der Waals surface area contributed by atoms with E-state index < -0.39 is 0 Å². The van der Waals surface area contributed by atoms with Crippen molar-refractivity contribution >= 4 is 6.29 Å². The number of carbonyl (C=O) groups excluding carboxylic acids is 1. The fraction of sp³-hybridized carbons (Fsp3) is 0.875. The smallest absolute Gasteiger partial charge is 0.216 e. The molecule has 10 heavy (non-hydrogen) atoms. The van der Waals surface area contributed by atoms with Crippen LogP contribution in [0.5, 0.6) is 0 Å². The van der Waals surface area contributed by atoms with E-state index in [-0.39, 0.29) is 6.04 Å². The van der Waals surface area contributed by atoms with Gasteiger partial charge in [0.05, 0.1) is 6.04 Å². The molecule has 1 atom stereocenters. The van der Waals surface area contributed by atoms with Gasteiger partial charge in [-0.3, -0.25) is 4.79 Å². The Morgan fingerprint density at radius 3 is 2.40 bits per heavy atom. The molecule has 0 amide bonds. The van der Waals surface area contributed by atoms with Gasteiger partial charge in [-0.05, 0) is 6.42 Å². The average molecular weight is 142 g/mol. The van der Waals surface area contributed by atoms with E-state index in [0.29, 0.717) is 6.04 Å². The van der Waals surface area contributed by atoms with Gasteiger partial charge in [0.15, 0.2) is 0 Å². The van der Waals surface area contributed by atoms with Gasteiger partial charge in [-0.1, -0.05) is 27.2 Å². The first kappa shape index (κ1) is 9.63. The molecule has 0 heterocycles. The standard InChI is InChI=1S/C8H16NO/c1-4-5-8(6-10)9-7(2)3/h7-9H,4-5H2,1-3H3. The van der Waals surface area contributed by atoms with Crippen molar-refractivity contribution in [2.24, 2.45) is 0 Å². The average Bonchev–Trinajstić information content (AvgIpc) is 1.86. The summed E-state index contributed by atoms with van der Waals surface area (Å²) in [6.45, 7) is 6.12. The topological polar surface area (TPSA) is 29.1 Å². The number of nitrogens with one attached hydrogen (secondary N) is 1. The molecule has 0 bridgehead atoms. The van der Waals surface area contributed by atoms with Crippen LogP contribution in [0.4, 0.5) is 0 Å². The maximum Gasteiger partial charge on any atom is 0.216 e. The molecule has 2 nitrogen and oxygen atoms in total. The summed E-state index contributed by atoms with van der Waals surface area (Å²) in [4.78, 5) is 10.2. The van der Waals surface area contributed by atoms with Crippen LogP contribution < -0.4 is 5.32 Å². The van der Waals surface area contributed by atoms with Crippen LogP contribution in [0, 0.1) is 0 Å². The summed E-state index contributed by atoms with van der Waals surface area (Å²) in [5, 5.41) is 3.11. The normalized spacial score (nSPS) is 13.6. The summed E-state index contributed by atoms with van der Waals surface area (Å²) in [5.74, 6) is 0. The van der Waals surface area contributed by atoms with E-state index in [2.05, 4.69) is 12.2 Å². The second kappa shape index (κ2) is 5.42. The number of hydrogen-bond donors (Lipinski definition) is 1. The number of hydrogen-bond acceptors (Lipinski definition) is 2. The van der Waals surface area contributed by atoms with Gasteiger partial charge in [0.25, 0.3) is 0 Å². The van der Waals surface area contributed by atoms with Crippen LogP contribution in [-0.2, 0) is 4.79 Å². The summed E-state index contributed by atoms with van der Waals surface area (Å²) in [7, 11) is 0. The van der Waals surface area contributed by atoms with E-state index >= 15 is 0 Å². The monoisotopic (exact) mass is 142 g/mol. The van der Waals surface area contributed by atoms with Gasteiger partial charge in [-0.15, -0.1) is 0 Å². The lowest BCUT2D eigenvalue weighted by Crippen LogP contribution is -2.35. The third-order valence-corrected chi connectivity index (χ3v) is 1.25. The molecule has 0 aliphatic heterocycles. The predicted octanol–water partition coefficient (Wildman–Crippen LogP) is 1.26. The molecule has 1 unspecified atom stereocenters. The SMILES string of the molecule is CCCC([C]=O)NC(C)C. The fourth-order valence-corrected chi connectivity index (χ4v) is 0.867. The summed E-state index contributed by atoms with van der Waals surface area (Å²) in [6, 6.07) is 0.308. The maximum atomic E-state index is 10.2. The van der Waals surface area contributed by atoms with Crippen molar-refractivity contribution in [2.45, 2.75) is 45.7 Å². The first-order valence-electron chi connectivity index (χ1n) is 3.84. The van der Waals surface area contributed by atoms with E-state index in [1.807, 2.05) is 20.1 Å². The highest BCUT2D eigenvalue weighted by Crippen LogP contribution is 1.94. The second-order valence-corrected chi connectivity index (χ2v) is 2.78. The van der Waals surface area contributed by atoms with E-state index in [1.165, 1.54) is 0 Å². The first-order chi connectivity index (χ1) is 4.70. The molecule has 1 N–H and O–H groups in total. The van der Waals surface area contributed by atoms with Crippen LogP contribution in [-0.4, -0.2) is 18.4 Å². The van der Waals surface area contributed by atoms with Gasteiger partial charge in [0, 0.05) is 6.04 Å². The Hall–Kier alpha value is -0.370. The van der Waals surface area contributed by atoms with Gasteiger partial charge >= 0.3 is 0 Å². The van der Waals surface area contributed by atoms with E-state index in [4.69, 9.17) is 0 Å². The Kier molecular flexibility index (Phi) is 5.22. The molecule has 0 aromatic heterocycles. The Morgan fingerprint density at radius 1 is 1.50 bits per heavy atom. The lowest BCUT2D eigenvalue weighted by Gasteiger charge is -2.13. The fourth-order valence-electron chi connectivity index (χ4n) is 0.867. The van der Waals surface area contributed by atoms with E-state index in [0.717, 1.165) is 12.8 Å². The molecule has 0 aromatic carbocycles. The molecule has 1 radical (unpaired) electrons. The zero-order valence-electron chi connectivity index (χ0n) is 6.98. The second-order valence-electron chi connectivity index (χ2n) is 2.78. The van der Waals surface area contributed by atoms with Crippen LogP contribution >= 0.6 is 0 Å². The molecule has 0 rings (SSSR count). The van der Waals surface area contributed by atoms with Crippen molar-refractivity contribution in [3.8, 4) is 0 Å². The highest BCUT2D eigenvalue weighted by atomic mass is 16.1. The van der Waals surface area contributed by atoms with Crippen LogP contribution in [0.2, 0.25) is 0 Å². The Labute approximate surface area is 63.0 Å². The minimum Gasteiger partial charge on any atom is -0.305 e. The molecule has 0 saturated heterocycles. The van der Waals surface area contributed by atoms with E-state index in [1.54, 1.807) is 0 Å². The van der Waals surface area contributed by atoms with E-state index in [9.17, 15) is 4.79 Å². The first-order valence-corrected chi connectivity index (χ1v) is 3.84. The summed E-state index contributed by atoms with van der Waals surface area (Å²) >= 11 is 0. The molecule has 0 aromatic rings. The van der Waals surface area contributed by atoms with Crippen molar-refractivity contribution in [2.75, 3.05) is 0 Å². The Bertz CT molecular complexity index is 91.3. The van der Waals surface area contributed by atoms with Crippen LogP contribution in [0.1, 0.15) is 33.6 Å². The minimum atomic E-state index is -0.0648. The molecule has 2 heteroatoms. The zero-order chi connectivity index (χ0) is 7.98. The predicted molar refractivity (Wildman–Crippen MR) is 42.7 cm³/mol. The quantitative estimate of drug-likeness (QED) is 0.626. The van der Waals surface area contributed by atoms with Crippen LogP contribution in [0.3, 0.4) is 0 Å². The van der Waals surface area contributed by atoms with Crippen molar-refractivity contribution in [1.82, 2.24) is 5.32 Å². The maximum absolute atomic E-state index is 10.2. The summed E-state index contributed by atoms with van der Waals surface area (Å²) in [6.07, 6.45) is 3.89. The molecule has 0 saturated carbocycles. The van der Waals surface area contributed by atoms with Crippen molar-refractivity contribution < 1.29 is 4.79 Å². The zero-order valence-corrected chi connectivity index (χ0v) is 6.98. The highest BCUT2D eigenvalue weighted by molar-refractivity contribution is 5.58. The molecular formula is C8H16NO. The lowest BCUT2D eigenvalue weighted by molar-refractivity contribution is 0.471. The van der Waals surface area contributed by atoms with Gasteiger partial charge in [0.2, 0.25) is 6.29 Å². The van der Waals surface area contributed by atoms with Crippen molar-refractivity contribution in [1.29, 1.82) is 0 Å². The van der Waals surface area contributed by atoms with Crippen LogP contribution in [0.25, 0.3) is 0 Å². The number of rotatable bonds is 5. The van der Waals surface area contributed by atoms with Crippen LogP contribution in [0.15, 0.2) is 0 Å². The molecule has 0 aliphatic carbocycles. The highest BCUT2D eigenvalue weighted by Gasteiger charge is 2.06. The molecule has 0 aliphatic rings. The van der Waals surface area contributed by atoms with Gasteiger partial charge in [-0.25, -0.2) is 0 Å². The Morgan fingerprint density at radius 2 is 2.10 bits per heavy atom. The summed E-state index contributed by atoms with van der Waals surface area (Å²) in [5.41, 5.74) is 0. The summed E-state index contributed by atoms with van der Waals surface area (Å²) < 4.78 is 0. The third kappa shape index (κ3) is 4.50. The van der Waals surface area contributed by atoms with Gasteiger partial charge < -0.3 is 5.32 Å². The molecule has 59 valence electrons. The van der Waals surface area contributed by atoms with Gasteiger partial charge in [0.1, 0.15) is 0 Å². The molecular weight excluding hydrogens is 126 g/mol. The molecule has 0 fully saturated rings. The van der Waals surface area contributed by atoms with Crippen molar-refractivity contribution in [3.05, 3.63) is 0 Å².